The van der Waals surface area contributed by atoms with Gasteiger partial charge in [-0.25, -0.2) is 0 Å². The minimum Gasteiger partial charge on any atom is -0.397 e. The average molecular weight is 190 g/mol. The van der Waals surface area contributed by atoms with Crippen LogP contribution < -0.4 is 0 Å². The van der Waals surface area contributed by atoms with Crippen LogP contribution in [0.4, 0.5) is 0 Å². The maximum Gasteiger partial charge on any atom is 0.343 e. The van der Waals surface area contributed by atoms with Gasteiger partial charge in [0.25, 0.3) is 0 Å². The summed E-state index contributed by atoms with van der Waals surface area (Å²) in [6.45, 7) is 8.78. The van der Waals surface area contributed by atoms with Gasteiger partial charge in [0.1, 0.15) is 0 Å². The highest BCUT2D eigenvalue weighted by Crippen LogP contribution is 2.35. The Morgan fingerprint density at radius 2 is 1.50 bits per heavy atom. The van der Waals surface area contributed by atoms with E-state index in [9.17, 15) is 0 Å². The molecule has 74 valence electrons. The maximum absolute atomic E-state index is 5.62. The molecule has 0 bridgehead atoms. The molecule has 0 N–H and O–H groups in total. The fourth-order valence-corrected chi connectivity index (χ4v) is 5.43. The van der Waals surface area contributed by atoms with Crippen LogP contribution in [0.25, 0.3) is 0 Å². The van der Waals surface area contributed by atoms with E-state index in [-0.39, 0.29) is 0 Å². The van der Waals surface area contributed by atoms with E-state index in [0.717, 1.165) is 6.42 Å². The van der Waals surface area contributed by atoms with Gasteiger partial charge in [0, 0.05) is 14.2 Å². The minimum absolute atomic E-state index is 0.516. The van der Waals surface area contributed by atoms with Crippen LogP contribution in [-0.4, -0.2) is 22.8 Å². The molecule has 0 spiro atoms. The molecule has 1 unspecified atom stereocenters. The Kier molecular flexibility index (Phi) is 5.05. The van der Waals surface area contributed by atoms with Crippen LogP contribution in [0, 0.1) is 0 Å². The number of hydrogen-bond acceptors (Lipinski definition) is 2. The molecule has 1 atom stereocenters. The van der Waals surface area contributed by atoms with Gasteiger partial charge in [-0.1, -0.05) is 34.1 Å². The molecule has 3 heteroatoms. The standard InChI is InChI=1S/C9H22O2Si/c1-7-9(4)12(10-5,11-6)8(2)3/h8-9H,7H2,1-6H3. The zero-order chi connectivity index (χ0) is 9.78. The molecule has 0 aliphatic heterocycles. The molecular weight excluding hydrogens is 168 g/mol. The van der Waals surface area contributed by atoms with Crippen LogP contribution in [0.15, 0.2) is 0 Å². The van der Waals surface area contributed by atoms with E-state index in [2.05, 4.69) is 27.7 Å². The van der Waals surface area contributed by atoms with Crippen molar-refractivity contribution in [2.75, 3.05) is 14.2 Å². The Balaban J connectivity index is 4.56. The van der Waals surface area contributed by atoms with E-state index in [0.29, 0.717) is 11.1 Å². The highest BCUT2D eigenvalue weighted by atomic mass is 28.4. The second-order valence-electron chi connectivity index (χ2n) is 3.59. The van der Waals surface area contributed by atoms with Crippen molar-refractivity contribution in [3.8, 4) is 0 Å². The van der Waals surface area contributed by atoms with Gasteiger partial charge >= 0.3 is 8.56 Å². The summed E-state index contributed by atoms with van der Waals surface area (Å²) >= 11 is 0. The summed E-state index contributed by atoms with van der Waals surface area (Å²) in [4.78, 5) is 0. The minimum atomic E-state index is -1.92. The molecule has 0 amide bonds. The molecule has 0 aromatic rings. The van der Waals surface area contributed by atoms with Crippen molar-refractivity contribution < 1.29 is 8.85 Å². The smallest absolute Gasteiger partial charge is 0.343 e. The van der Waals surface area contributed by atoms with Crippen LogP contribution in [-0.2, 0) is 8.85 Å². The summed E-state index contributed by atoms with van der Waals surface area (Å²) in [7, 11) is 1.64. The van der Waals surface area contributed by atoms with Crippen LogP contribution in [0.5, 0.6) is 0 Å². The summed E-state index contributed by atoms with van der Waals surface area (Å²) in [6.07, 6.45) is 1.13. The zero-order valence-electron chi connectivity index (χ0n) is 9.18. The Hall–Kier alpha value is 0.137. The fraction of sp³-hybridized carbons (Fsp3) is 1.00. The van der Waals surface area contributed by atoms with E-state index in [1.807, 2.05) is 0 Å². The summed E-state index contributed by atoms with van der Waals surface area (Å²) < 4.78 is 11.2. The number of rotatable bonds is 5. The zero-order valence-corrected chi connectivity index (χ0v) is 10.2. The Labute approximate surface area is 77.5 Å². The largest absolute Gasteiger partial charge is 0.397 e. The maximum atomic E-state index is 5.62. The molecule has 0 aliphatic carbocycles. The van der Waals surface area contributed by atoms with E-state index in [1.165, 1.54) is 0 Å². The molecule has 0 rings (SSSR count). The lowest BCUT2D eigenvalue weighted by Gasteiger charge is -2.35. The fourth-order valence-electron chi connectivity index (χ4n) is 1.81. The van der Waals surface area contributed by atoms with Gasteiger partial charge in [-0.2, -0.15) is 0 Å². The van der Waals surface area contributed by atoms with Gasteiger partial charge in [0.2, 0.25) is 0 Å². The van der Waals surface area contributed by atoms with Gasteiger partial charge < -0.3 is 8.85 Å². The monoisotopic (exact) mass is 190 g/mol. The molecule has 0 saturated carbocycles. The van der Waals surface area contributed by atoms with Crippen molar-refractivity contribution in [2.45, 2.75) is 45.2 Å². The molecule has 0 aromatic heterocycles. The van der Waals surface area contributed by atoms with Crippen molar-refractivity contribution in [1.82, 2.24) is 0 Å². The van der Waals surface area contributed by atoms with Crippen LogP contribution in [0.1, 0.15) is 34.1 Å². The molecule has 2 nitrogen and oxygen atoms in total. The summed E-state index contributed by atoms with van der Waals surface area (Å²) in [5.74, 6) is 0. The third kappa shape index (κ3) is 2.09. The van der Waals surface area contributed by atoms with E-state index in [4.69, 9.17) is 8.85 Å². The van der Waals surface area contributed by atoms with Crippen LogP contribution >= 0.6 is 0 Å². The first-order chi connectivity index (χ1) is 5.55. The third-order valence-corrected chi connectivity index (χ3v) is 7.41. The van der Waals surface area contributed by atoms with E-state index in [1.54, 1.807) is 14.2 Å². The quantitative estimate of drug-likeness (QED) is 0.621. The molecule has 0 aliphatic rings. The lowest BCUT2D eigenvalue weighted by molar-refractivity contribution is 0.220. The molecule has 0 heterocycles. The highest BCUT2D eigenvalue weighted by molar-refractivity contribution is 6.70. The van der Waals surface area contributed by atoms with Gasteiger partial charge in [0.15, 0.2) is 0 Å². The van der Waals surface area contributed by atoms with Crippen LogP contribution in [0.3, 0.4) is 0 Å². The summed E-state index contributed by atoms with van der Waals surface area (Å²) in [6, 6.07) is 0. The second-order valence-corrected chi connectivity index (χ2v) is 7.99. The van der Waals surface area contributed by atoms with Crippen LogP contribution in [0.2, 0.25) is 11.1 Å². The lowest BCUT2D eigenvalue weighted by Crippen LogP contribution is -2.46. The van der Waals surface area contributed by atoms with Crippen molar-refractivity contribution >= 4 is 8.56 Å². The molecule has 0 radical (unpaired) electrons. The molecular formula is C9H22O2Si. The van der Waals surface area contributed by atoms with Crippen molar-refractivity contribution in [1.29, 1.82) is 0 Å². The van der Waals surface area contributed by atoms with Gasteiger partial charge in [-0.15, -0.1) is 0 Å². The second kappa shape index (κ2) is 4.99. The van der Waals surface area contributed by atoms with E-state index < -0.39 is 8.56 Å². The average Bonchev–Trinajstić information content (AvgIpc) is 2.06. The predicted molar refractivity (Wildman–Crippen MR) is 54.6 cm³/mol. The summed E-state index contributed by atoms with van der Waals surface area (Å²) in [5.41, 5.74) is 1.08. The van der Waals surface area contributed by atoms with Gasteiger partial charge in [0.05, 0.1) is 0 Å². The molecule has 0 saturated heterocycles. The SMILES string of the molecule is CCC(C)[Si](OC)(OC)C(C)C. The third-order valence-electron chi connectivity index (χ3n) is 2.74. The first kappa shape index (κ1) is 12.1. The Morgan fingerprint density at radius 3 is 1.58 bits per heavy atom. The first-order valence-electron chi connectivity index (χ1n) is 4.65. The molecule has 0 fully saturated rings. The Morgan fingerprint density at radius 1 is 1.08 bits per heavy atom. The van der Waals surface area contributed by atoms with E-state index >= 15 is 0 Å². The summed E-state index contributed by atoms with van der Waals surface area (Å²) in [5, 5.41) is 0. The molecule has 0 aromatic carbocycles. The molecule has 12 heavy (non-hydrogen) atoms. The topological polar surface area (TPSA) is 18.5 Å². The van der Waals surface area contributed by atoms with Crippen molar-refractivity contribution in [2.24, 2.45) is 0 Å². The van der Waals surface area contributed by atoms with Crippen molar-refractivity contribution in [3.05, 3.63) is 0 Å². The normalized spacial score (nSPS) is 15.2. The highest BCUT2D eigenvalue weighted by Gasteiger charge is 2.44. The Bertz CT molecular complexity index is 122. The predicted octanol–water partition coefficient (Wildman–Crippen LogP) is 2.93. The number of hydrogen-bond donors (Lipinski definition) is 0. The lowest BCUT2D eigenvalue weighted by atomic mass is 10.4. The van der Waals surface area contributed by atoms with Crippen molar-refractivity contribution in [3.63, 3.8) is 0 Å². The first-order valence-corrected chi connectivity index (χ1v) is 6.62. The van der Waals surface area contributed by atoms with Gasteiger partial charge in [-0.05, 0) is 11.1 Å². The van der Waals surface area contributed by atoms with Gasteiger partial charge in [-0.3, -0.25) is 0 Å².